The van der Waals surface area contributed by atoms with Crippen LogP contribution in [0.1, 0.15) is 0 Å². The second-order valence-electron chi connectivity index (χ2n) is 6.38. The highest BCUT2D eigenvalue weighted by atomic mass is 32.1. The molecule has 1 heterocycles. The molecule has 0 aliphatic carbocycles. The van der Waals surface area contributed by atoms with Crippen molar-refractivity contribution in [1.82, 2.24) is 4.98 Å². The van der Waals surface area contributed by atoms with Gasteiger partial charge in [-0.1, -0.05) is 0 Å². The van der Waals surface area contributed by atoms with Crippen LogP contribution >= 0.6 is 11.3 Å². The van der Waals surface area contributed by atoms with Crippen molar-refractivity contribution in [2.24, 2.45) is 0 Å². The lowest BCUT2D eigenvalue weighted by atomic mass is 10.1. The van der Waals surface area contributed by atoms with Gasteiger partial charge in [0.1, 0.15) is 22.3 Å². The highest BCUT2D eigenvalue weighted by Gasteiger charge is 2.16. The Hall–Kier alpha value is -3.31. The van der Waals surface area contributed by atoms with Gasteiger partial charge in [-0.05, 0) is 78.4 Å². The topological polar surface area (TPSA) is 40.6 Å². The normalized spacial score (nSPS) is 10.6. The number of methoxy groups -OCH3 is 3. The van der Waals surface area contributed by atoms with Gasteiger partial charge in [-0.2, -0.15) is 0 Å². The zero-order valence-electron chi connectivity index (χ0n) is 16.5. The average Bonchev–Trinajstić information content (AvgIpc) is 3.24. The Bertz CT molecular complexity index is 1020. The molecule has 0 unspecified atom stereocenters. The van der Waals surface area contributed by atoms with Crippen LogP contribution < -0.4 is 14.2 Å². The van der Waals surface area contributed by atoms with Gasteiger partial charge in [0.05, 0.1) is 31.9 Å². The third kappa shape index (κ3) is 3.96. The van der Waals surface area contributed by atoms with E-state index in [-0.39, 0.29) is 0 Å². The fourth-order valence-electron chi connectivity index (χ4n) is 3.06. The molecule has 0 atom stereocenters. The first-order chi connectivity index (χ1) is 14.2. The molecule has 0 fully saturated rings. The second kappa shape index (κ2) is 8.37. The minimum Gasteiger partial charge on any atom is -0.497 e. The summed E-state index contributed by atoms with van der Waals surface area (Å²) in [5.74, 6) is 2.49. The molecule has 29 heavy (non-hydrogen) atoms. The van der Waals surface area contributed by atoms with E-state index < -0.39 is 0 Å². The molecule has 0 aliphatic rings. The first-order valence-corrected chi connectivity index (χ1v) is 9.97. The average molecular weight is 404 g/mol. The molecule has 1 aromatic heterocycles. The number of benzene rings is 3. The largest absolute Gasteiger partial charge is 0.497 e. The maximum atomic E-state index is 5.30. The minimum atomic E-state index is 0.824. The van der Waals surface area contributed by atoms with Crippen LogP contribution in [0, 0.1) is 0 Å². The van der Waals surface area contributed by atoms with Crippen LogP contribution in [0.15, 0.2) is 72.8 Å². The zero-order chi connectivity index (χ0) is 20.2. The third-order valence-electron chi connectivity index (χ3n) is 4.68. The molecule has 0 radical (unpaired) electrons. The summed E-state index contributed by atoms with van der Waals surface area (Å²) in [5.41, 5.74) is 4.17. The van der Waals surface area contributed by atoms with Gasteiger partial charge in [0.15, 0.2) is 0 Å². The molecule has 146 valence electrons. The van der Waals surface area contributed by atoms with E-state index in [1.54, 1.807) is 32.7 Å². The maximum absolute atomic E-state index is 5.30. The number of hydrogen-bond acceptors (Lipinski definition) is 5. The molecule has 0 amide bonds. The third-order valence-corrected chi connectivity index (χ3v) is 5.83. The maximum Gasteiger partial charge on any atom is 0.124 e. The molecule has 5 heteroatoms. The number of hydrogen-bond donors (Lipinski definition) is 0. The van der Waals surface area contributed by atoms with Gasteiger partial charge < -0.3 is 14.2 Å². The summed E-state index contributed by atoms with van der Waals surface area (Å²) < 4.78 is 15.9. The first-order valence-electron chi connectivity index (χ1n) is 9.16. The van der Waals surface area contributed by atoms with E-state index in [9.17, 15) is 0 Å². The number of rotatable bonds is 6. The van der Waals surface area contributed by atoms with Crippen molar-refractivity contribution < 1.29 is 14.2 Å². The molecule has 0 aliphatic heterocycles. The monoisotopic (exact) mass is 403 g/mol. The molecule has 4 nitrogen and oxygen atoms in total. The van der Waals surface area contributed by atoms with Crippen molar-refractivity contribution in [3.05, 3.63) is 72.8 Å². The van der Waals surface area contributed by atoms with Crippen LogP contribution in [0.3, 0.4) is 0 Å². The predicted octanol–water partition coefficient (Wildman–Crippen LogP) is 6.17. The number of thiazole rings is 1. The van der Waals surface area contributed by atoms with Crippen molar-refractivity contribution >= 4 is 11.3 Å². The van der Waals surface area contributed by atoms with Crippen molar-refractivity contribution in [3.63, 3.8) is 0 Å². The van der Waals surface area contributed by atoms with Gasteiger partial charge in [-0.25, -0.2) is 4.98 Å². The van der Waals surface area contributed by atoms with Gasteiger partial charge in [0.25, 0.3) is 0 Å². The van der Waals surface area contributed by atoms with Gasteiger partial charge >= 0.3 is 0 Å². The second-order valence-corrected chi connectivity index (χ2v) is 7.38. The van der Waals surface area contributed by atoms with Crippen LogP contribution in [0.2, 0.25) is 0 Å². The summed E-state index contributed by atoms with van der Waals surface area (Å²) in [6.45, 7) is 0. The Balaban J connectivity index is 1.82. The van der Waals surface area contributed by atoms with Crippen molar-refractivity contribution in [3.8, 4) is 49.5 Å². The molecule has 4 rings (SSSR count). The van der Waals surface area contributed by atoms with Crippen LogP contribution in [-0.4, -0.2) is 26.3 Å². The lowest BCUT2D eigenvalue weighted by molar-refractivity contribution is 0.414. The Morgan fingerprint density at radius 1 is 0.552 bits per heavy atom. The van der Waals surface area contributed by atoms with Crippen molar-refractivity contribution in [1.29, 1.82) is 0 Å². The lowest BCUT2D eigenvalue weighted by Gasteiger charge is -2.05. The van der Waals surface area contributed by atoms with Crippen LogP contribution in [0.25, 0.3) is 32.3 Å². The van der Waals surface area contributed by atoms with Crippen molar-refractivity contribution in [2.75, 3.05) is 21.3 Å². The summed E-state index contributed by atoms with van der Waals surface area (Å²) in [4.78, 5) is 6.10. The molecule has 0 N–H and O–H groups in total. The summed E-state index contributed by atoms with van der Waals surface area (Å²) in [7, 11) is 5.01. The molecular weight excluding hydrogens is 382 g/mol. The molecule has 0 saturated carbocycles. The Morgan fingerprint density at radius 3 is 1.41 bits per heavy atom. The van der Waals surface area contributed by atoms with E-state index >= 15 is 0 Å². The fraction of sp³-hybridized carbons (Fsp3) is 0.125. The van der Waals surface area contributed by atoms with E-state index in [2.05, 4.69) is 12.1 Å². The van der Waals surface area contributed by atoms with Crippen molar-refractivity contribution in [2.45, 2.75) is 0 Å². The van der Waals surface area contributed by atoms with Crippen LogP contribution in [-0.2, 0) is 0 Å². The number of ether oxygens (including phenoxy) is 3. The van der Waals surface area contributed by atoms with Gasteiger partial charge in [-0.15, -0.1) is 11.3 Å². The predicted molar refractivity (Wildman–Crippen MR) is 118 cm³/mol. The fourth-order valence-corrected chi connectivity index (χ4v) is 4.16. The number of aromatic nitrogens is 1. The Morgan fingerprint density at radius 2 is 0.966 bits per heavy atom. The molecule has 0 spiro atoms. The van der Waals surface area contributed by atoms with E-state index in [0.29, 0.717) is 0 Å². The summed E-state index contributed by atoms with van der Waals surface area (Å²) >= 11 is 1.67. The van der Waals surface area contributed by atoms with Gasteiger partial charge in [-0.3, -0.25) is 0 Å². The summed E-state index contributed by atoms with van der Waals surface area (Å²) in [5, 5.41) is 0.962. The quantitative estimate of drug-likeness (QED) is 0.386. The SMILES string of the molecule is COc1ccc(-c2nc(-c3ccc(OC)cc3)c(-c3ccc(OC)cc3)s2)cc1. The smallest absolute Gasteiger partial charge is 0.124 e. The molecular formula is C24H21NO3S. The van der Waals surface area contributed by atoms with E-state index in [4.69, 9.17) is 19.2 Å². The van der Waals surface area contributed by atoms with Gasteiger partial charge in [0.2, 0.25) is 0 Å². The minimum absolute atomic E-state index is 0.824. The Labute approximate surface area is 174 Å². The molecule has 0 saturated heterocycles. The van der Waals surface area contributed by atoms with E-state index in [1.165, 1.54) is 0 Å². The zero-order valence-corrected chi connectivity index (χ0v) is 17.3. The highest BCUT2D eigenvalue weighted by molar-refractivity contribution is 7.19. The van der Waals surface area contributed by atoms with Gasteiger partial charge in [0, 0.05) is 11.1 Å². The van der Waals surface area contributed by atoms with E-state index in [0.717, 1.165) is 49.5 Å². The molecule has 0 bridgehead atoms. The summed E-state index contributed by atoms with van der Waals surface area (Å²) in [6.07, 6.45) is 0. The first kappa shape index (κ1) is 19.0. The number of nitrogens with zero attached hydrogens (tertiary/aromatic N) is 1. The highest BCUT2D eigenvalue weighted by Crippen LogP contribution is 2.41. The lowest BCUT2D eigenvalue weighted by Crippen LogP contribution is -1.86. The van der Waals surface area contributed by atoms with Crippen LogP contribution in [0.4, 0.5) is 0 Å². The standard InChI is InChI=1S/C24H21NO3S/c1-26-19-10-4-16(5-11-19)22-23(17-6-12-20(27-2)13-7-17)29-24(25-22)18-8-14-21(28-3)15-9-18/h4-15H,1-3H3. The summed E-state index contributed by atoms with van der Waals surface area (Å²) in [6, 6.07) is 24.1. The Kier molecular flexibility index (Phi) is 5.49. The molecule has 4 aromatic rings. The van der Waals surface area contributed by atoms with E-state index in [1.807, 2.05) is 60.7 Å². The molecule has 3 aromatic carbocycles. The van der Waals surface area contributed by atoms with Crippen LogP contribution in [0.5, 0.6) is 17.2 Å².